The van der Waals surface area contributed by atoms with Crippen LogP contribution in [-0.4, -0.2) is 40.6 Å². The molecule has 0 spiro atoms. The molecule has 20 heavy (non-hydrogen) atoms. The van der Waals surface area contributed by atoms with E-state index in [0.717, 1.165) is 0 Å². The van der Waals surface area contributed by atoms with E-state index in [9.17, 15) is 9.59 Å². The van der Waals surface area contributed by atoms with Gasteiger partial charge in [-0.25, -0.2) is 4.79 Å². The molecular formula is C14H21N3O3. The molecule has 0 fully saturated rings. The molecule has 0 aromatic heterocycles. The van der Waals surface area contributed by atoms with Crippen molar-refractivity contribution in [3.05, 3.63) is 29.8 Å². The molecule has 6 heteroatoms. The van der Waals surface area contributed by atoms with Crippen molar-refractivity contribution in [1.82, 2.24) is 10.2 Å². The molecule has 0 radical (unpaired) electrons. The second-order valence-corrected chi connectivity index (χ2v) is 5.48. The highest BCUT2D eigenvalue weighted by Crippen LogP contribution is 2.12. The van der Waals surface area contributed by atoms with E-state index in [2.05, 4.69) is 5.32 Å². The summed E-state index contributed by atoms with van der Waals surface area (Å²) in [5.41, 5.74) is 6.13. The van der Waals surface area contributed by atoms with E-state index in [1.54, 1.807) is 24.3 Å². The summed E-state index contributed by atoms with van der Waals surface area (Å²) in [6, 6.07) is 6.55. The number of amides is 2. The van der Waals surface area contributed by atoms with Crippen LogP contribution in [0.25, 0.3) is 0 Å². The van der Waals surface area contributed by atoms with Crippen LogP contribution in [0.3, 0.4) is 0 Å². The van der Waals surface area contributed by atoms with Gasteiger partial charge < -0.3 is 21.1 Å². The summed E-state index contributed by atoms with van der Waals surface area (Å²) in [5, 5.41) is 11.8. The van der Waals surface area contributed by atoms with Crippen molar-refractivity contribution in [3.8, 4) is 0 Å². The highest BCUT2D eigenvalue weighted by atomic mass is 16.4. The van der Waals surface area contributed by atoms with Crippen molar-refractivity contribution in [3.63, 3.8) is 0 Å². The van der Waals surface area contributed by atoms with Gasteiger partial charge in [0.1, 0.15) is 0 Å². The number of nitrogens with two attached hydrogens (primary N) is 1. The number of nitrogen functional groups attached to an aromatic ring is 1. The highest BCUT2D eigenvalue weighted by molar-refractivity contribution is 5.94. The number of carboxylic acid groups (broad SMARTS) is 1. The molecule has 1 aromatic rings. The van der Waals surface area contributed by atoms with Crippen LogP contribution < -0.4 is 11.1 Å². The first kappa shape index (κ1) is 15.8. The Labute approximate surface area is 118 Å². The zero-order valence-electron chi connectivity index (χ0n) is 12.0. The van der Waals surface area contributed by atoms with E-state index < -0.39 is 11.6 Å². The van der Waals surface area contributed by atoms with E-state index in [-0.39, 0.29) is 19.0 Å². The minimum Gasteiger partial charge on any atom is -0.465 e. The number of benzene rings is 1. The molecule has 0 aliphatic rings. The first-order valence-corrected chi connectivity index (χ1v) is 6.36. The normalized spacial score (nSPS) is 10.9. The standard InChI is InChI=1S/C14H21N3O3/c1-14(2,3)17(13(19)20)9-8-16-12(18)10-4-6-11(15)7-5-10/h4-7H,8-9,15H2,1-3H3,(H,16,18)(H,19,20). The van der Waals surface area contributed by atoms with Crippen LogP contribution in [0.2, 0.25) is 0 Å². The first-order chi connectivity index (χ1) is 9.21. The summed E-state index contributed by atoms with van der Waals surface area (Å²) >= 11 is 0. The van der Waals surface area contributed by atoms with Crippen molar-refractivity contribution in [2.75, 3.05) is 18.8 Å². The molecule has 0 saturated carbocycles. The molecule has 110 valence electrons. The van der Waals surface area contributed by atoms with E-state index in [0.29, 0.717) is 11.3 Å². The third-order valence-electron chi connectivity index (χ3n) is 2.83. The van der Waals surface area contributed by atoms with E-state index in [4.69, 9.17) is 10.8 Å². The molecule has 2 amide bonds. The van der Waals surface area contributed by atoms with Crippen molar-refractivity contribution in [2.45, 2.75) is 26.3 Å². The number of hydrogen-bond acceptors (Lipinski definition) is 3. The zero-order valence-corrected chi connectivity index (χ0v) is 12.0. The van der Waals surface area contributed by atoms with Crippen molar-refractivity contribution in [1.29, 1.82) is 0 Å². The maximum atomic E-state index is 11.8. The van der Waals surface area contributed by atoms with Crippen molar-refractivity contribution < 1.29 is 14.7 Å². The summed E-state index contributed by atoms with van der Waals surface area (Å²) < 4.78 is 0. The molecule has 0 aliphatic carbocycles. The Bertz CT molecular complexity index is 477. The number of carbonyl (C=O) groups is 2. The molecule has 6 nitrogen and oxygen atoms in total. The smallest absolute Gasteiger partial charge is 0.407 e. The summed E-state index contributed by atoms with van der Waals surface area (Å²) in [6.45, 7) is 5.92. The quantitative estimate of drug-likeness (QED) is 0.732. The molecule has 0 bridgehead atoms. The van der Waals surface area contributed by atoms with E-state index in [1.165, 1.54) is 4.90 Å². The van der Waals surface area contributed by atoms with Crippen LogP contribution >= 0.6 is 0 Å². The van der Waals surface area contributed by atoms with Gasteiger partial charge in [-0.3, -0.25) is 4.79 Å². The number of hydrogen-bond donors (Lipinski definition) is 3. The topological polar surface area (TPSA) is 95.7 Å². The highest BCUT2D eigenvalue weighted by Gasteiger charge is 2.25. The first-order valence-electron chi connectivity index (χ1n) is 6.36. The lowest BCUT2D eigenvalue weighted by Crippen LogP contribution is -2.48. The maximum absolute atomic E-state index is 11.8. The van der Waals surface area contributed by atoms with Crippen LogP contribution in [0.1, 0.15) is 31.1 Å². The zero-order chi connectivity index (χ0) is 15.3. The summed E-state index contributed by atoms with van der Waals surface area (Å²) in [5.74, 6) is -0.246. The molecule has 0 unspecified atom stereocenters. The fraction of sp³-hybridized carbons (Fsp3) is 0.429. The largest absolute Gasteiger partial charge is 0.465 e. The molecular weight excluding hydrogens is 258 g/mol. The monoisotopic (exact) mass is 279 g/mol. The van der Waals surface area contributed by atoms with Gasteiger partial charge >= 0.3 is 6.09 Å². The Morgan fingerprint density at radius 2 is 1.80 bits per heavy atom. The third kappa shape index (κ3) is 4.46. The van der Waals surface area contributed by atoms with Crippen LogP contribution in [0.15, 0.2) is 24.3 Å². The van der Waals surface area contributed by atoms with Gasteiger partial charge in [0.15, 0.2) is 0 Å². The SMILES string of the molecule is CC(C)(C)N(CCNC(=O)c1ccc(N)cc1)C(=O)O. The van der Waals surface area contributed by atoms with Crippen molar-refractivity contribution >= 4 is 17.7 Å². The van der Waals surface area contributed by atoms with Crippen LogP contribution in [0.5, 0.6) is 0 Å². The molecule has 1 rings (SSSR count). The fourth-order valence-corrected chi connectivity index (χ4v) is 1.74. The predicted octanol–water partition coefficient (Wildman–Crippen LogP) is 1.78. The lowest BCUT2D eigenvalue weighted by molar-refractivity contribution is 0.0892. The molecule has 4 N–H and O–H groups in total. The third-order valence-corrected chi connectivity index (χ3v) is 2.83. The van der Waals surface area contributed by atoms with Gasteiger partial charge in [-0.2, -0.15) is 0 Å². The molecule has 0 aliphatic heterocycles. The Morgan fingerprint density at radius 3 is 2.25 bits per heavy atom. The second-order valence-electron chi connectivity index (χ2n) is 5.48. The maximum Gasteiger partial charge on any atom is 0.407 e. The number of nitrogens with zero attached hydrogens (tertiary/aromatic N) is 1. The summed E-state index contributed by atoms with van der Waals surface area (Å²) in [6.07, 6.45) is -1.00. The number of rotatable bonds is 4. The van der Waals surface area contributed by atoms with Gasteiger partial charge in [-0.15, -0.1) is 0 Å². The minimum absolute atomic E-state index is 0.236. The van der Waals surface area contributed by atoms with E-state index >= 15 is 0 Å². The van der Waals surface area contributed by atoms with Gasteiger partial charge in [0, 0.05) is 29.9 Å². The molecule has 1 aromatic carbocycles. The number of nitrogens with one attached hydrogen (secondary N) is 1. The average Bonchev–Trinajstić information content (AvgIpc) is 2.33. The van der Waals surface area contributed by atoms with Crippen LogP contribution in [0.4, 0.5) is 10.5 Å². The van der Waals surface area contributed by atoms with E-state index in [1.807, 2.05) is 20.8 Å². The molecule has 0 atom stereocenters. The number of carbonyl (C=O) groups excluding carboxylic acids is 1. The van der Waals surface area contributed by atoms with Gasteiger partial charge in [0.05, 0.1) is 0 Å². The van der Waals surface area contributed by atoms with Gasteiger partial charge in [-0.05, 0) is 45.0 Å². The summed E-state index contributed by atoms with van der Waals surface area (Å²) in [7, 11) is 0. The lowest BCUT2D eigenvalue weighted by atomic mass is 10.1. The second kappa shape index (κ2) is 6.27. The summed E-state index contributed by atoms with van der Waals surface area (Å²) in [4.78, 5) is 24.3. The predicted molar refractivity (Wildman–Crippen MR) is 77.7 cm³/mol. The Hall–Kier alpha value is -2.24. The Morgan fingerprint density at radius 1 is 1.25 bits per heavy atom. The Kier molecular flexibility index (Phi) is 4.96. The van der Waals surface area contributed by atoms with Crippen molar-refractivity contribution in [2.24, 2.45) is 0 Å². The fourth-order valence-electron chi connectivity index (χ4n) is 1.74. The van der Waals surface area contributed by atoms with Gasteiger partial charge in [-0.1, -0.05) is 0 Å². The number of anilines is 1. The lowest BCUT2D eigenvalue weighted by Gasteiger charge is -2.33. The van der Waals surface area contributed by atoms with Crippen LogP contribution in [0, 0.1) is 0 Å². The van der Waals surface area contributed by atoms with Gasteiger partial charge in [0.2, 0.25) is 0 Å². The Balaban J connectivity index is 2.53. The van der Waals surface area contributed by atoms with Crippen LogP contribution in [-0.2, 0) is 0 Å². The minimum atomic E-state index is -1.00. The van der Waals surface area contributed by atoms with Gasteiger partial charge in [0.25, 0.3) is 5.91 Å². The average molecular weight is 279 g/mol. The molecule has 0 saturated heterocycles. The molecule has 0 heterocycles.